The van der Waals surface area contributed by atoms with Crippen molar-refractivity contribution in [2.24, 2.45) is 0 Å². The van der Waals surface area contributed by atoms with Gasteiger partial charge in [-0.15, -0.1) is 11.3 Å². The fourth-order valence-electron chi connectivity index (χ4n) is 1.58. The SMILES string of the molecule is [CH](Oc1ccccc1)c1ccc2scnc2c1. The van der Waals surface area contributed by atoms with Crippen LogP contribution in [0.15, 0.2) is 54.0 Å². The molecule has 2 nitrogen and oxygen atoms in total. The Kier molecular flexibility index (Phi) is 2.76. The third-order valence-corrected chi connectivity index (χ3v) is 3.24. The number of nitrogens with zero attached hydrogens (tertiary/aromatic N) is 1. The summed E-state index contributed by atoms with van der Waals surface area (Å²) in [5.74, 6) is 0.839. The van der Waals surface area contributed by atoms with E-state index in [0.717, 1.165) is 16.8 Å². The van der Waals surface area contributed by atoms with E-state index in [1.54, 1.807) is 17.9 Å². The van der Waals surface area contributed by atoms with Gasteiger partial charge in [-0.2, -0.15) is 0 Å². The van der Waals surface area contributed by atoms with Gasteiger partial charge in [0, 0.05) is 0 Å². The minimum absolute atomic E-state index is 0.839. The molecule has 0 fully saturated rings. The summed E-state index contributed by atoms with van der Waals surface area (Å²) in [6, 6.07) is 15.8. The predicted molar refractivity (Wildman–Crippen MR) is 70.1 cm³/mol. The number of thiazole rings is 1. The second-order valence-electron chi connectivity index (χ2n) is 3.63. The Labute approximate surface area is 104 Å². The van der Waals surface area contributed by atoms with Crippen molar-refractivity contribution in [3.63, 3.8) is 0 Å². The minimum atomic E-state index is 0.839. The van der Waals surface area contributed by atoms with E-state index in [0.29, 0.717) is 0 Å². The van der Waals surface area contributed by atoms with Crippen LogP contribution in [0.4, 0.5) is 0 Å². The van der Waals surface area contributed by atoms with Gasteiger partial charge in [0.25, 0.3) is 0 Å². The Balaban J connectivity index is 1.76. The number of hydrogen-bond acceptors (Lipinski definition) is 3. The lowest BCUT2D eigenvalue weighted by Crippen LogP contribution is -1.91. The standard InChI is InChI=1S/C14H10NOS/c1-2-4-12(5-3-1)16-9-11-6-7-14-13(8-11)15-10-17-14/h1-10H. The monoisotopic (exact) mass is 240 g/mol. The van der Waals surface area contributed by atoms with Crippen LogP contribution in [0.25, 0.3) is 10.2 Å². The molecule has 2 aromatic carbocycles. The summed E-state index contributed by atoms with van der Waals surface area (Å²) in [7, 11) is 0. The third kappa shape index (κ3) is 2.29. The molecule has 0 N–H and O–H groups in total. The molecule has 3 heteroatoms. The lowest BCUT2D eigenvalue weighted by atomic mass is 10.2. The van der Waals surface area contributed by atoms with Gasteiger partial charge >= 0.3 is 0 Å². The van der Waals surface area contributed by atoms with Crippen LogP contribution in [-0.2, 0) is 0 Å². The van der Waals surface area contributed by atoms with Crippen molar-refractivity contribution in [2.75, 3.05) is 0 Å². The fraction of sp³-hybridized carbons (Fsp3) is 0. The Bertz CT molecular complexity index is 618. The molecule has 1 heterocycles. The van der Waals surface area contributed by atoms with Crippen LogP contribution in [0.3, 0.4) is 0 Å². The largest absolute Gasteiger partial charge is 0.481 e. The molecule has 0 aliphatic carbocycles. The van der Waals surface area contributed by atoms with Crippen LogP contribution in [-0.4, -0.2) is 4.98 Å². The van der Waals surface area contributed by atoms with E-state index < -0.39 is 0 Å². The summed E-state index contributed by atoms with van der Waals surface area (Å²) in [6.45, 7) is 1.74. The highest BCUT2D eigenvalue weighted by atomic mass is 32.1. The molecule has 0 amide bonds. The summed E-state index contributed by atoms with van der Waals surface area (Å²) in [4.78, 5) is 4.28. The molecule has 0 saturated heterocycles. The van der Waals surface area contributed by atoms with E-state index in [4.69, 9.17) is 4.74 Å². The lowest BCUT2D eigenvalue weighted by Gasteiger charge is -2.04. The molecule has 0 aliphatic heterocycles. The van der Waals surface area contributed by atoms with Crippen LogP contribution >= 0.6 is 11.3 Å². The van der Waals surface area contributed by atoms with Crippen molar-refractivity contribution in [1.29, 1.82) is 0 Å². The zero-order valence-corrected chi connectivity index (χ0v) is 9.85. The number of fused-ring (bicyclic) bond motifs is 1. The first-order chi connectivity index (χ1) is 8.42. The van der Waals surface area contributed by atoms with E-state index in [-0.39, 0.29) is 0 Å². The number of para-hydroxylation sites is 1. The van der Waals surface area contributed by atoms with Crippen LogP contribution in [0, 0.1) is 6.61 Å². The van der Waals surface area contributed by atoms with E-state index in [1.165, 1.54) is 4.70 Å². The zero-order chi connectivity index (χ0) is 11.5. The number of rotatable bonds is 3. The number of benzene rings is 2. The molecule has 1 radical (unpaired) electrons. The second-order valence-corrected chi connectivity index (χ2v) is 4.51. The molecule has 0 spiro atoms. The van der Waals surface area contributed by atoms with Crippen molar-refractivity contribution in [2.45, 2.75) is 0 Å². The Morgan fingerprint density at radius 2 is 1.94 bits per heavy atom. The van der Waals surface area contributed by atoms with Crippen LogP contribution < -0.4 is 4.74 Å². The van der Waals surface area contributed by atoms with Crippen LogP contribution in [0.1, 0.15) is 5.56 Å². The molecule has 17 heavy (non-hydrogen) atoms. The van der Waals surface area contributed by atoms with Crippen molar-refractivity contribution in [3.8, 4) is 5.75 Å². The molecular formula is C14H10NOS. The first-order valence-electron chi connectivity index (χ1n) is 5.30. The van der Waals surface area contributed by atoms with Gasteiger partial charge in [-0.1, -0.05) is 24.3 Å². The van der Waals surface area contributed by atoms with Gasteiger partial charge < -0.3 is 4.74 Å². The average molecular weight is 240 g/mol. The Morgan fingerprint density at radius 1 is 1.06 bits per heavy atom. The van der Waals surface area contributed by atoms with E-state index in [1.807, 2.05) is 48.0 Å². The van der Waals surface area contributed by atoms with E-state index in [9.17, 15) is 0 Å². The lowest BCUT2D eigenvalue weighted by molar-refractivity contribution is 0.429. The molecule has 83 valence electrons. The van der Waals surface area contributed by atoms with Gasteiger partial charge in [0.1, 0.15) is 5.75 Å². The highest BCUT2D eigenvalue weighted by Crippen LogP contribution is 2.20. The quantitative estimate of drug-likeness (QED) is 0.693. The zero-order valence-electron chi connectivity index (χ0n) is 9.04. The molecule has 0 atom stereocenters. The van der Waals surface area contributed by atoms with E-state index in [2.05, 4.69) is 11.1 Å². The molecule has 1 aromatic heterocycles. The van der Waals surface area contributed by atoms with Crippen molar-refractivity contribution in [1.82, 2.24) is 4.98 Å². The molecule has 3 rings (SSSR count). The average Bonchev–Trinajstić information content (AvgIpc) is 2.85. The summed E-state index contributed by atoms with van der Waals surface area (Å²) in [5, 5.41) is 0. The maximum absolute atomic E-state index is 5.57. The first-order valence-corrected chi connectivity index (χ1v) is 6.18. The van der Waals surface area contributed by atoms with Gasteiger partial charge in [-0.25, -0.2) is 4.98 Å². The van der Waals surface area contributed by atoms with Crippen molar-refractivity contribution >= 4 is 21.6 Å². The maximum Gasteiger partial charge on any atom is 0.165 e. The molecule has 0 aliphatic rings. The fourth-order valence-corrected chi connectivity index (χ4v) is 2.24. The summed E-state index contributed by atoms with van der Waals surface area (Å²) in [6.07, 6.45) is 0. The maximum atomic E-state index is 5.57. The van der Waals surface area contributed by atoms with Gasteiger partial charge in [0.15, 0.2) is 6.61 Å². The van der Waals surface area contributed by atoms with E-state index >= 15 is 0 Å². The van der Waals surface area contributed by atoms with Gasteiger partial charge in [0.2, 0.25) is 0 Å². The Morgan fingerprint density at radius 3 is 2.82 bits per heavy atom. The Hall–Kier alpha value is -1.87. The topological polar surface area (TPSA) is 22.1 Å². The van der Waals surface area contributed by atoms with Crippen molar-refractivity contribution in [3.05, 3.63) is 66.2 Å². The molecule has 0 unspecified atom stereocenters. The normalized spacial score (nSPS) is 10.6. The third-order valence-electron chi connectivity index (χ3n) is 2.43. The highest BCUT2D eigenvalue weighted by Gasteiger charge is 2.00. The van der Waals surface area contributed by atoms with Gasteiger partial charge in [0.05, 0.1) is 15.7 Å². The molecule has 3 aromatic rings. The first kappa shape index (κ1) is 10.3. The minimum Gasteiger partial charge on any atom is -0.481 e. The highest BCUT2D eigenvalue weighted by molar-refractivity contribution is 7.16. The predicted octanol–water partition coefficient (Wildman–Crippen LogP) is 3.89. The van der Waals surface area contributed by atoms with Crippen LogP contribution in [0.2, 0.25) is 0 Å². The summed E-state index contributed by atoms with van der Waals surface area (Å²) >= 11 is 1.64. The van der Waals surface area contributed by atoms with Gasteiger partial charge in [-0.3, -0.25) is 0 Å². The summed E-state index contributed by atoms with van der Waals surface area (Å²) < 4.78 is 6.76. The summed E-state index contributed by atoms with van der Waals surface area (Å²) in [5.41, 5.74) is 3.89. The van der Waals surface area contributed by atoms with Crippen molar-refractivity contribution < 1.29 is 4.74 Å². The molecular weight excluding hydrogens is 230 g/mol. The number of hydrogen-bond donors (Lipinski definition) is 0. The second kappa shape index (κ2) is 4.55. The molecule has 0 bridgehead atoms. The number of ether oxygens (including phenoxy) is 1. The van der Waals surface area contributed by atoms with Gasteiger partial charge in [-0.05, 0) is 29.8 Å². The molecule has 0 saturated carbocycles. The number of aromatic nitrogens is 1. The van der Waals surface area contributed by atoms with Crippen LogP contribution in [0.5, 0.6) is 5.75 Å². The smallest absolute Gasteiger partial charge is 0.165 e.